The molecule has 0 radical (unpaired) electrons. The molecule has 2 rings (SSSR count). The van der Waals surface area contributed by atoms with Crippen molar-refractivity contribution in [1.82, 2.24) is 25.3 Å². The Balaban J connectivity index is 2.67. The van der Waals surface area contributed by atoms with E-state index in [1.54, 1.807) is 32.9 Å². The highest BCUT2D eigenvalue weighted by Gasteiger charge is 2.39. The Hall–Kier alpha value is -4.79. The minimum Gasteiger partial charge on any atom is -0.460 e. The summed E-state index contributed by atoms with van der Waals surface area (Å²) in [6.45, 7) is 17.0. The molecule has 0 aliphatic carbocycles. The largest absolute Gasteiger partial charge is 0.460 e. The van der Waals surface area contributed by atoms with Gasteiger partial charge in [0.1, 0.15) is 30.3 Å². The molecule has 5 amide bonds. The number of ether oxygens (including phenoxy) is 2. The van der Waals surface area contributed by atoms with Gasteiger partial charge in [0, 0.05) is 45.0 Å². The van der Waals surface area contributed by atoms with Crippen LogP contribution in [-0.4, -0.2) is 131 Å². The number of likely N-dealkylation sites (N-methyl/N-ethyl adjacent to an activating group) is 3. The van der Waals surface area contributed by atoms with Gasteiger partial charge in [0.05, 0.1) is 12.6 Å². The Morgan fingerprint density at radius 3 is 1.97 bits per heavy atom. The molecule has 3 N–H and O–H groups in total. The third kappa shape index (κ3) is 14.7. The number of hydrogen-bond donors (Lipinski definition) is 3. The number of aliphatic hydroxyl groups excluding tert-OH is 1. The van der Waals surface area contributed by atoms with Crippen molar-refractivity contribution in [3.05, 3.63) is 47.5 Å². The molecule has 0 unspecified atom stereocenters. The lowest BCUT2D eigenvalue weighted by molar-refractivity contribution is -0.166. The zero-order valence-corrected chi connectivity index (χ0v) is 38.7. The van der Waals surface area contributed by atoms with Crippen LogP contribution in [0.2, 0.25) is 0 Å². The van der Waals surface area contributed by atoms with Crippen molar-refractivity contribution >= 4 is 41.5 Å². The number of benzene rings is 1. The zero-order valence-electron chi connectivity index (χ0n) is 38.7. The summed E-state index contributed by atoms with van der Waals surface area (Å²) in [5.41, 5.74) is 0.893. The Bertz CT molecular complexity index is 1690. The first-order chi connectivity index (χ1) is 28.6. The summed E-state index contributed by atoms with van der Waals surface area (Å²) in [6.07, 6.45) is 1.00. The van der Waals surface area contributed by atoms with Crippen molar-refractivity contribution in [3.8, 4) is 0 Å². The summed E-state index contributed by atoms with van der Waals surface area (Å²) in [5, 5.41) is 16.9. The van der Waals surface area contributed by atoms with Gasteiger partial charge in [-0.1, -0.05) is 97.7 Å². The first-order valence-electron chi connectivity index (χ1n) is 21.8. The first kappa shape index (κ1) is 52.3. The number of nitrogens with zero attached hydrogens (tertiary/aromatic N) is 3. The molecule has 0 spiro atoms. The second kappa shape index (κ2) is 24.6. The highest BCUT2D eigenvalue weighted by molar-refractivity contribution is 5.96. The molecule has 0 saturated heterocycles. The number of carbonyl (C=O) groups is 7. The van der Waals surface area contributed by atoms with Crippen LogP contribution in [0.25, 0.3) is 0 Å². The minimum atomic E-state index is -1.26. The minimum absolute atomic E-state index is 0.00927. The van der Waals surface area contributed by atoms with E-state index in [1.165, 1.54) is 62.7 Å². The van der Waals surface area contributed by atoms with Gasteiger partial charge >= 0.3 is 11.9 Å². The lowest BCUT2D eigenvalue weighted by atomic mass is 9.85. The van der Waals surface area contributed by atoms with E-state index in [2.05, 4.69) is 10.6 Å². The molecule has 0 fully saturated rings. The third-order valence-corrected chi connectivity index (χ3v) is 12.2. The van der Waals surface area contributed by atoms with Crippen molar-refractivity contribution in [1.29, 1.82) is 0 Å². The molecule has 1 aliphatic heterocycles. The molecular formula is C46H73N5O10. The fourth-order valence-corrected chi connectivity index (χ4v) is 7.32. The summed E-state index contributed by atoms with van der Waals surface area (Å²) >= 11 is 0. The molecule has 1 aromatic rings. The van der Waals surface area contributed by atoms with E-state index < -0.39 is 102 Å². The van der Waals surface area contributed by atoms with Crippen LogP contribution in [-0.2, 0) is 49.5 Å². The number of aliphatic hydroxyl groups is 1. The highest BCUT2D eigenvalue weighted by Crippen LogP contribution is 2.27. The number of hydrogen-bond acceptors (Lipinski definition) is 10. The third-order valence-electron chi connectivity index (χ3n) is 12.2. The van der Waals surface area contributed by atoms with Crippen molar-refractivity contribution in [2.24, 2.45) is 23.7 Å². The molecule has 0 bridgehead atoms. The number of cyclic esters (lactones) is 2. The molecule has 15 nitrogen and oxygen atoms in total. The predicted molar refractivity (Wildman–Crippen MR) is 232 cm³/mol. The van der Waals surface area contributed by atoms with Crippen LogP contribution in [0.1, 0.15) is 107 Å². The van der Waals surface area contributed by atoms with Gasteiger partial charge in [-0.25, -0.2) is 9.59 Å². The molecule has 1 aromatic carbocycles. The fraction of sp³-hybridized carbons (Fsp3) is 0.674. The van der Waals surface area contributed by atoms with Gasteiger partial charge in [0.25, 0.3) is 5.91 Å². The maximum atomic E-state index is 14.2. The number of carbonyl (C=O) groups excluding carboxylic acids is 7. The number of nitrogens with one attached hydrogen (secondary N) is 2. The van der Waals surface area contributed by atoms with Gasteiger partial charge in [-0.05, 0) is 57.4 Å². The average Bonchev–Trinajstić information content (AvgIpc) is 3.24. The standard InChI is InChI=1S/C46H73N5O10/c1-14-20-29(6)39-31(8)36(52)24-23-30(7)45(58)61-40(28(5)16-3)41(54)47-32(9)42(55)51(13)35(25-34-21-18-17-19-22-34)43(56)49(11)26-37(53)48-38(27(4)15-2)44(57)50(12)33(10)46(59)60-39/h17-19,21-23,27-29,31-33,35-36,38-40,52H,14-16,20,24-26H2,1-13H3,(H,47,54)(H,48,53)/b30-23+/t27-,28-,29-,31-,32-,33-,35+,36-,38-,39+,40+/m0/s1. The van der Waals surface area contributed by atoms with E-state index >= 15 is 0 Å². The zero-order chi connectivity index (χ0) is 46.3. The van der Waals surface area contributed by atoms with E-state index in [0.29, 0.717) is 19.3 Å². The Labute approximate surface area is 363 Å². The monoisotopic (exact) mass is 856 g/mol. The van der Waals surface area contributed by atoms with Crippen LogP contribution in [0.3, 0.4) is 0 Å². The van der Waals surface area contributed by atoms with Crippen LogP contribution >= 0.6 is 0 Å². The van der Waals surface area contributed by atoms with E-state index in [1.807, 2.05) is 45.9 Å². The van der Waals surface area contributed by atoms with Gasteiger partial charge in [0.2, 0.25) is 23.6 Å². The van der Waals surface area contributed by atoms with E-state index in [4.69, 9.17) is 9.47 Å². The lowest BCUT2D eigenvalue weighted by Crippen LogP contribution is -2.58. The molecule has 0 aromatic heterocycles. The number of esters is 2. The second-order valence-electron chi connectivity index (χ2n) is 17.1. The summed E-state index contributed by atoms with van der Waals surface area (Å²) in [7, 11) is 4.34. The maximum Gasteiger partial charge on any atom is 0.334 e. The van der Waals surface area contributed by atoms with Gasteiger partial charge < -0.3 is 39.9 Å². The predicted octanol–water partition coefficient (Wildman–Crippen LogP) is 4.05. The van der Waals surface area contributed by atoms with Crippen molar-refractivity contribution in [2.75, 3.05) is 27.7 Å². The second-order valence-corrected chi connectivity index (χ2v) is 17.1. The summed E-state index contributed by atoms with van der Waals surface area (Å²) < 4.78 is 11.8. The molecule has 342 valence electrons. The molecule has 0 saturated carbocycles. The van der Waals surface area contributed by atoms with Crippen molar-refractivity contribution < 1.29 is 48.1 Å². The van der Waals surface area contributed by atoms with E-state index in [-0.39, 0.29) is 30.3 Å². The van der Waals surface area contributed by atoms with Crippen LogP contribution in [0.15, 0.2) is 42.0 Å². The van der Waals surface area contributed by atoms with Crippen LogP contribution in [0.5, 0.6) is 0 Å². The average molecular weight is 856 g/mol. The van der Waals surface area contributed by atoms with Crippen LogP contribution < -0.4 is 10.6 Å². The number of rotatable bonds is 9. The highest BCUT2D eigenvalue weighted by atomic mass is 16.6. The maximum absolute atomic E-state index is 14.2. The normalized spacial score (nSPS) is 29.1. The van der Waals surface area contributed by atoms with Gasteiger partial charge in [-0.3, -0.25) is 24.0 Å². The quantitative estimate of drug-likeness (QED) is 0.306. The molecular weight excluding hydrogens is 783 g/mol. The Morgan fingerprint density at radius 2 is 1.39 bits per heavy atom. The van der Waals surface area contributed by atoms with Crippen molar-refractivity contribution in [3.63, 3.8) is 0 Å². The van der Waals surface area contributed by atoms with Crippen molar-refractivity contribution in [2.45, 2.75) is 150 Å². The summed E-state index contributed by atoms with van der Waals surface area (Å²) in [4.78, 5) is 101. The first-order valence-corrected chi connectivity index (χ1v) is 21.8. The lowest BCUT2D eigenvalue weighted by Gasteiger charge is -2.35. The Morgan fingerprint density at radius 1 is 0.787 bits per heavy atom. The topological polar surface area (TPSA) is 192 Å². The number of amides is 5. The SMILES string of the molecule is CCC[C@H](C)[C@H]1OC(=O)[C@H](C)N(C)C(=O)[C@H]([C@@H](C)CC)NC(=O)CN(C)C(=O)[C@@H](Cc2ccccc2)N(C)C(=O)[C@H](C)NC(=O)[C@@H]([C@@H](C)CC)OC(=O)/C(C)=C/C[C@H](O)[C@@H]1C. The molecule has 1 heterocycles. The van der Waals surface area contributed by atoms with E-state index in [0.717, 1.165) is 12.0 Å². The van der Waals surface area contributed by atoms with Gasteiger partial charge in [0.15, 0.2) is 6.10 Å². The Kier molecular flexibility index (Phi) is 21.1. The molecule has 11 atom stereocenters. The van der Waals surface area contributed by atoms with Crippen LogP contribution in [0.4, 0.5) is 0 Å². The molecule has 1 aliphatic rings. The van der Waals surface area contributed by atoms with E-state index in [9.17, 15) is 38.7 Å². The van der Waals surface area contributed by atoms with Crippen LogP contribution in [0, 0.1) is 23.7 Å². The molecule has 15 heteroatoms. The fourth-order valence-electron chi connectivity index (χ4n) is 7.32. The molecule has 61 heavy (non-hydrogen) atoms. The summed E-state index contributed by atoms with van der Waals surface area (Å²) in [6, 6.07) is 4.67. The van der Waals surface area contributed by atoms with Gasteiger partial charge in [-0.2, -0.15) is 0 Å². The smallest absolute Gasteiger partial charge is 0.334 e. The van der Waals surface area contributed by atoms with Gasteiger partial charge in [-0.15, -0.1) is 0 Å². The summed E-state index contributed by atoms with van der Waals surface area (Å²) in [5.74, 6) is -6.03.